The van der Waals surface area contributed by atoms with Gasteiger partial charge in [-0.05, 0) is 18.3 Å². The van der Waals surface area contributed by atoms with Gasteiger partial charge >= 0.3 is 0 Å². The Labute approximate surface area is 102 Å². The van der Waals surface area contributed by atoms with E-state index in [9.17, 15) is 4.79 Å². The molecule has 1 saturated heterocycles. The maximum atomic E-state index is 11.7. The van der Waals surface area contributed by atoms with Gasteiger partial charge in [-0.25, -0.2) is 0 Å². The number of nitrogens with one attached hydrogen (secondary N) is 2. The SMILES string of the molecule is CC(C)(CCCO)CNC(=O)C1CSCN1. The Kier molecular flexibility index (Phi) is 5.58. The Bertz CT molecular complexity index is 228. The van der Waals surface area contributed by atoms with Crippen molar-refractivity contribution >= 4 is 17.7 Å². The van der Waals surface area contributed by atoms with Crippen LogP contribution in [0.1, 0.15) is 26.7 Å². The normalized spacial score (nSPS) is 21.1. The Morgan fingerprint density at radius 1 is 1.62 bits per heavy atom. The van der Waals surface area contributed by atoms with Crippen molar-refractivity contribution in [2.75, 3.05) is 24.8 Å². The van der Waals surface area contributed by atoms with Crippen LogP contribution in [0.4, 0.5) is 0 Å². The summed E-state index contributed by atoms with van der Waals surface area (Å²) in [5, 5.41) is 14.9. The summed E-state index contributed by atoms with van der Waals surface area (Å²) in [4.78, 5) is 11.7. The molecule has 1 rings (SSSR count). The first kappa shape index (κ1) is 13.8. The number of hydrogen-bond donors (Lipinski definition) is 3. The van der Waals surface area contributed by atoms with Crippen molar-refractivity contribution in [2.24, 2.45) is 5.41 Å². The minimum Gasteiger partial charge on any atom is -0.396 e. The summed E-state index contributed by atoms with van der Waals surface area (Å²) in [5.41, 5.74) is 0.0597. The third kappa shape index (κ3) is 4.72. The molecule has 0 aromatic carbocycles. The van der Waals surface area contributed by atoms with Crippen LogP contribution >= 0.6 is 11.8 Å². The fraction of sp³-hybridized carbons (Fsp3) is 0.909. The minimum atomic E-state index is -0.0290. The van der Waals surface area contributed by atoms with Gasteiger partial charge in [0, 0.05) is 24.8 Å². The molecule has 1 fully saturated rings. The number of thioether (sulfide) groups is 1. The van der Waals surface area contributed by atoms with Gasteiger partial charge in [0.25, 0.3) is 0 Å². The Morgan fingerprint density at radius 3 is 2.94 bits per heavy atom. The number of aliphatic hydroxyl groups is 1. The van der Waals surface area contributed by atoms with E-state index in [4.69, 9.17) is 5.11 Å². The Hall–Kier alpha value is -0.260. The van der Waals surface area contributed by atoms with Crippen LogP contribution in [0.5, 0.6) is 0 Å². The van der Waals surface area contributed by atoms with E-state index >= 15 is 0 Å². The van der Waals surface area contributed by atoms with E-state index in [0.29, 0.717) is 6.54 Å². The van der Waals surface area contributed by atoms with Crippen molar-refractivity contribution in [3.63, 3.8) is 0 Å². The average molecular weight is 246 g/mol. The summed E-state index contributed by atoms with van der Waals surface area (Å²) in [6.07, 6.45) is 1.72. The predicted molar refractivity (Wildman–Crippen MR) is 67.4 cm³/mol. The zero-order valence-electron chi connectivity index (χ0n) is 10.1. The van der Waals surface area contributed by atoms with Crippen molar-refractivity contribution in [1.82, 2.24) is 10.6 Å². The third-order valence-electron chi connectivity index (χ3n) is 2.79. The molecule has 5 heteroatoms. The Morgan fingerprint density at radius 2 is 2.38 bits per heavy atom. The second-order valence-corrected chi connectivity index (χ2v) is 6.01. The van der Waals surface area contributed by atoms with Crippen LogP contribution in [0.3, 0.4) is 0 Å². The van der Waals surface area contributed by atoms with E-state index in [1.54, 1.807) is 11.8 Å². The molecule has 1 aliphatic rings. The molecule has 4 nitrogen and oxygen atoms in total. The van der Waals surface area contributed by atoms with Crippen molar-refractivity contribution in [3.8, 4) is 0 Å². The number of carbonyl (C=O) groups is 1. The van der Waals surface area contributed by atoms with Crippen LogP contribution < -0.4 is 10.6 Å². The largest absolute Gasteiger partial charge is 0.396 e. The van der Waals surface area contributed by atoms with Crippen molar-refractivity contribution in [3.05, 3.63) is 0 Å². The highest BCUT2D eigenvalue weighted by Gasteiger charge is 2.24. The fourth-order valence-corrected chi connectivity index (χ4v) is 2.60. The topological polar surface area (TPSA) is 61.4 Å². The predicted octanol–water partition coefficient (Wildman–Crippen LogP) is 0.564. The molecule has 1 amide bonds. The molecule has 3 N–H and O–H groups in total. The van der Waals surface area contributed by atoms with E-state index in [0.717, 1.165) is 24.5 Å². The molecule has 0 aromatic heterocycles. The number of rotatable bonds is 6. The highest BCUT2D eigenvalue weighted by atomic mass is 32.2. The van der Waals surface area contributed by atoms with Gasteiger partial charge in [0.2, 0.25) is 5.91 Å². The molecular weight excluding hydrogens is 224 g/mol. The molecule has 1 atom stereocenters. The summed E-state index contributed by atoms with van der Waals surface area (Å²) in [5.74, 6) is 1.83. The standard InChI is InChI=1S/C11H22N2O2S/c1-11(2,4-3-5-14)7-12-10(15)9-6-16-8-13-9/h9,13-14H,3-8H2,1-2H3,(H,12,15). The van der Waals surface area contributed by atoms with E-state index in [2.05, 4.69) is 24.5 Å². The maximum absolute atomic E-state index is 11.7. The highest BCUT2D eigenvalue weighted by molar-refractivity contribution is 7.99. The van der Waals surface area contributed by atoms with Crippen LogP contribution in [0, 0.1) is 5.41 Å². The number of aliphatic hydroxyl groups excluding tert-OH is 1. The van der Waals surface area contributed by atoms with Crippen LogP contribution in [0.2, 0.25) is 0 Å². The van der Waals surface area contributed by atoms with Crippen LogP contribution in [-0.4, -0.2) is 41.8 Å². The fourth-order valence-electron chi connectivity index (χ4n) is 1.66. The summed E-state index contributed by atoms with van der Waals surface area (Å²) in [6.45, 7) is 5.12. The molecule has 0 aromatic rings. The number of carbonyl (C=O) groups excluding carboxylic acids is 1. The third-order valence-corrected chi connectivity index (χ3v) is 3.73. The van der Waals surface area contributed by atoms with Crippen molar-refractivity contribution in [2.45, 2.75) is 32.7 Å². The average Bonchev–Trinajstić information content (AvgIpc) is 2.77. The maximum Gasteiger partial charge on any atom is 0.238 e. The molecule has 1 unspecified atom stereocenters. The van der Waals surface area contributed by atoms with Gasteiger partial charge in [0.1, 0.15) is 0 Å². The second kappa shape index (κ2) is 6.47. The lowest BCUT2D eigenvalue weighted by molar-refractivity contribution is -0.122. The van der Waals surface area contributed by atoms with Gasteiger partial charge in [0.05, 0.1) is 6.04 Å². The van der Waals surface area contributed by atoms with Gasteiger partial charge in [-0.2, -0.15) is 0 Å². The molecule has 1 aliphatic heterocycles. The highest BCUT2D eigenvalue weighted by Crippen LogP contribution is 2.21. The summed E-state index contributed by atoms with van der Waals surface area (Å²) < 4.78 is 0. The van der Waals surface area contributed by atoms with Crippen LogP contribution in [0.15, 0.2) is 0 Å². The molecular formula is C11H22N2O2S. The lowest BCUT2D eigenvalue weighted by Gasteiger charge is -2.25. The van der Waals surface area contributed by atoms with Crippen molar-refractivity contribution in [1.29, 1.82) is 0 Å². The minimum absolute atomic E-state index is 0.0290. The molecule has 16 heavy (non-hydrogen) atoms. The molecule has 0 saturated carbocycles. The summed E-state index contributed by atoms with van der Waals surface area (Å²) >= 11 is 1.75. The molecule has 0 spiro atoms. The summed E-state index contributed by atoms with van der Waals surface area (Å²) in [6, 6.07) is -0.0290. The summed E-state index contributed by atoms with van der Waals surface area (Å²) in [7, 11) is 0. The zero-order valence-corrected chi connectivity index (χ0v) is 10.9. The van der Waals surface area contributed by atoms with Gasteiger partial charge in [0.15, 0.2) is 0 Å². The number of hydrogen-bond acceptors (Lipinski definition) is 4. The molecule has 0 bridgehead atoms. The van der Waals surface area contributed by atoms with Crippen LogP contribution in [0.25, 0.3) is 0 Å². The number of amides is 1. The lowest BCUT2D eigenvalue weighted by atomic mass is 9.88. The van der Waals surface area contributed by atoms with Crippen LogP contribution in [-0.2, 0) is 4.79 Å². The van der Waals surface area contributed by atoms with Gasteiger partial charge in [-0.1, -0.05) is 13.8 Å². The molecule has 94 valence electrons. The van der Waals surface area contributed by atoms with Gasteiger partial charge in [-0.15, -0.1) is 11.8 Å². The lowest BCUT2D eigenvalue weighted by Crippen LogP contribution is -2.45. The van der Waals surface area contributed by atoms with Gasteiger partial charge < -0.3 is 10.4 Å². The first-order valence-corrected chi connectivity index (χ1v) is 6.90. The first-order chi connectivity index (χ1) is 7.55. The smallest absolute Gasteiger partial charge is 0.238 e. The van der Waals surface area contributed by atoms with E-state index in [1.807, 2.05) is 0 Å². The second-order valence-electron chi connectivity index (χ2n) is 4.98. The van der Waals surface area contributed by atoms with Gasteiger partial charge in [-0.3, -0.25) is 10.1 Å². The molecule has 0 aliphatic carbocycles. The molecule has 0 radical (unpaired) electrons. The monoisotopic (exact) mass is 246 g/mol. The van der Waals surface area contributed by atoms with E-state index < -0.39 is 0 Å². The first-order valence-electron chi connectivity index (χ1n) is 5.75. The quantitative estimate of drug-likeness (QED) is 0.641. The van der Waals surface area contributed by atoms with E-state index in [-0.39, 0.29) is 24.0 Å². The zero-order chi connectivity index (χ0) is 12.0. The molecule has 1 heterocycles. The Balaban J connectivity index is 2.24. The van der Waals surface area contributed by atoms with E-state index in [1.165, 1.54) is 0 Å². The van der Waals surface area contributed by atoms with Crippen molar-refractivity contribution < 1.29 is 9.90 Å².